The number of nitrogens with one attached hydrogen (secondary N) is 1. The SMILES string of the molecule is C=P(C)(C)CC[C@H]1O[C@@H](C2C=C(CC(C)=O)C(=O)NC2=O)[C@H](O)[C@@H]1O. The predicted octanol–water partition coefficient (Wildman–Crippen LogP) is -0.247. The van der Waals surface area contributed by atoms with Crippen LogP contribution in [0.5, 0.6) is 0 Å². The van der Waals surface area contributed by atoms with E-state index in [0.717, 1.165) is 6.16 Å². The molecule has 1 unspecified atom stereocenters. The van der Waals surface area contributed by atoms with E-state index in [-0.39, 0.29) is 17.8 Å². The van der Waals surface area contributed by atoms with E-state index in [4.69, 9.17) is 4.74 Å². The minimum Gasteiger partial charge on any atom is -0.388 e. The van der Waals surface area contributed by atoms with Crippen LogP contribution in [-0.2, 0) is 19.1 Å². The lowest BCUT2D eigenvalue weighted by Crippen LogP contribution is -2.48. The molecule has 0 radical (unpaired) electrons. The van der Waals surface area contributed by atoms with Crippen LogP contribution in [0.4, 0.5) is 0 Å². The highest BCUT2D eigenvalue weighted by Gasteiger charge is 2.48. The molecule has 7 nitrogen and oxygen atoms in total. The van der Waals surface area contributed by atoms with Gasteiger partial charge in [0, 0.05) is 12.0 Å². The van der Waals surface area contributed by atoms with Crippen molar-refractivity contribution in [1.29, 1.82) is 0 Å². The van der Waals surface area contributed by atoms with Gasteiger partial charge in [-0.05, 0) is 32.8 Å². The van der Waals surface area contributed by atoms with Crippen LogP contribution in [0, 0.1) is 5.92 Å². The van der Waals surface area contributed by atoms with E-state index >= 15 is 0 Å². The second-order valence-electron chi connectivity index (χ2n) is 7.48. The molecule has 0 spiro atoms. The molecule has 140 valence electrons. The molecule has 0 aromatic carbocycles. The van der Waals surface area contributed by atoms with Crippen molar-refractivity contribution in [3.8, 4) is 0 Å². The molecule has 0 aliphatic carbocycles. The van der Waals surface area contributed by atoms with E-state index in [1.165, 1.54) is 13.0 Å². The number of rotatable bonds is 6. The first-order valence-corrected chi connectivity index (χ1v) is 11.3. The van der Waals surface area contributed by atoms with Crippen LogP contribution in [0.3, 0.4) is 0 Å². The number of ether oxygens (including phenoxy) is 1. The van der Waals surface area contributed by atoms with Gasteiger partial charge in [-0.15, -0.1) is 13.2 Å². The summed E-state index contributed by atoms with van der Waals surface area (Å²) >= 11 is 0. The zero-order valence-corrected chi connectivity index (χ0v) is 15.7. The Kier molecular flexibility index (Phi) is 6.05. The third kappa shape index (κ3) is 4.88. The van der Waals surface area contributed by atoms with Gasteiger partial charge in [-0.3, -0.25) is 19.7 Å². The summed E-state index contributed by atoms with van der Waals surface area (Å²) < 4.78 is 5.77. The molecule has 0 bridgehead atoms. The van der Waals surface area contributed by atoms with Gasteiger partial charge in [0.05, 0.1) is 12.0 Å². The smallest absolute Gasteiger partial charge is 0.253 e. The molecule has 5 atom stereocenters. The molecule has 25 heavy (non-hydrogen) atoms. The lowest BCUT2D eigenvalue weighted by molar-refractivity contribution is -0.136. The van der Waals surface area contributed by atoms with Gasteiger partial charge < -0.3 is 14.9 Å². The van der Waals surface area contributed by atoms with Crippen LogP contribution in [0.15, 0.2) is 11.6 Å². The minimum absolute atomic E-state index is 0.0927. The zero-order valence-electron chi connectivity index (χ0n) is 14.8. The fraction of sp³-hybridized carbons (Fsp3) is 0.647. The molecule has 2 amide bonds. The van der Waals surface area contributed by atoms with E-state index in [1.807, 2.05) is 0 Å². The summed E-state index contributed by atoms with van der Waals surface area (Å²) in [5, 5.41) is 22.8. The van der Waals surface area contributed by atoms with Gasteiger partial charge in [0.2, 0.25) is 5.91 Å². The number of aliphatic hydroxyl groups is 2. The van der Waals surface area contributed by atoms with Gasteiger partial charge in [0.15, 0.2) is 0 Å². The summed E-state index contributed by atoms with van der Waals surface area (Å²) in [6.45, 7) is 4.18. The molecule has 1 fully saturated rings. The van der Waals surface area contributed by atoms with E-state index in [9.17, 15) is 24.6 Å². The highest BCUT2D eigenvalue weighted by atomic mass is 31.2. The second-order valence-corrected chi connectivity index (χ2v) is 11.8. The largest absolute Gasteiger partial charge is 0.388 e. The summed E-state index contributed by atoms with van der Waals surface area (Å²) in [7, 11) is 0. The van der Waals surface area contributed by atoms with Crippen LogP contribution in [0.2, 0.25) is 0 Å². The third-order valence-corrected chi connectivity index (χ3v) is 5.89. The van der Waals surface area contributed by atoms with Crippen molar-refractivity contribution in [2.45, 2.75) is 44.2 Å². The maximum atomic E-state index is 12.2. The number of hydrogen-bond donors (Lipinski definition) is 3. The third-order valence-electron chi connectivity index (χ3n) is 4.42. The quantitative estimate of drug-likeness (QED) is 0.439. The lowest BCUT2D eigenvalue weighted by atomic mass is 9.89. The maximum absolute atomic E-state index is 12.2. The Bertz CT molecular complexity index is 652. The van der Waals surface area contributed by atoms with Crippen molar-refractivity contribution >= 4 is 30.8 Å². The monoisotopic (exact) mass is 371 g/mol. The molecule has 0 saturated carbocycles. The van der Waals surface area contributed by atoms with Crippen LogP contribution in [0.1, 0.15) is 19.8 Å². The summed E-state index contributed by atoms with van der Waals surface area (Å²) in [6, 6.07) is 0. The molecule has 2 heterocycles. The average Bonchev–Trinajstić information content (AvgIpc) is 2.75. The highest BCUT2D eigenvalue weighted by Crippen LogP contribution is 2.39. The fourth-order valence-electron chi connectivity index (χ4n) is 3.08. The number of Topliss-reactive ketones (excluding diaryl/α,β-unsaturated/α-hetero) is 1. The molecule has 0 aromatic rings. The van der Waals surface area contributed by atoms with Gasteiger partial charge in [-0.25, -0.2) is 0 Å². The molecular weight excluding hydrogens is 345 g/mol. The Labute approximate surface area is 147 Å². The first kappa shape index (κ1) is 20.0. The maximum Gasteiger partial charge on any atom is 0.253 e. The molecule has 2 rings (SSSR count). The van der Waals surface area contributed by atoms with E-state index in [1.54, 1.807) is 0 Å². The van der Waals surface area contributed by atoms with Crippen LogP contribution < -0.4 is 5.32 Å². The second kappa shape index (κ2) is 7.54. The normalized spacial score (nSPS) is 33.2. The first-order chi connectivity index (χ1) is 11.5. The summed E-state index contributed by atoms with van der Waals surface area (Å²) in [5.41, 5.74) is 0.177. The predicted molar refractivity (Wildman–Crippen MR) is 96.1 cm³/mol. The topological polar surface area (TPSA) is 113 Å². The molecule has 2 aliphatic rings. The number of hydrogen-bond acceptors (Lipinski definition) is 6. The number of carbonyl (C=O) groups excluding carboxylic acids is 3. The van der Waals surface area contributed by atoms with Crippen LogP contribution in [0.25, 0.3) is 0 Å². The van der Waals surface area contributed by atoms with Crippen molar-refractivity contribution in [2.24, 2.45) is 5.92 Å². The Morgan fingerprint density at radius 1 is 1.32 bits per heavy atom. The zero-order chi connectivity index (χ0) is 18.9. The number of aliphatic hydroxyl groups excluding tert-OH is 2. The van der Waals surface area contributed by atoms with Crippen molar-refractivity contribution in [1.82, 2.24) is 5.32 Å². The number of carbonyl (C=O) groups is 3. The molecule has 3 N–H and O–H groups in total. The van der Waals surface area contributed by atoms with Crippen molar-refractivity contribution in [3.63, 3.8) is 0 Å². The first-order valence-electron chi connectivity index (χ1n) is 8.24. The van der Waals surface area contributed by atoms with E-state index in [2.05, 4.69) is 24.9 Å². The average molecular weight is 371 g/mol. The van der Waals surface area contributed by atoms with Gasteiger partial charge >= 0.3 is 0 Å². The molecule has 1 saturated heterocycles. The molecular formula is C17H26NO6P. The Hall–Kier alpha value is -1.27. The summed E-state index contributed by atoms with van der Waals surface area (Å²) in [4.78, 5) is 35.3. The standard InChI is InChI=1S/C17H26NO6P/c1-9(19)7-10-8-11(17(23)18-16(10)22)15-14(21)13(20)12(24-15)5-6-25(2,3)4/h8,11-15,20-21H,2,5-7H2,1,3-4H3,(H,18,22,23)/t11?,12-,13-,14-,15+/m1/s1. The summed E-state index contributed by atoms with van der Waals surface area (Å²) in [6.07, 6.45) is 2.83. The van der Waals surface area contributed by atoms with E-state index in [0.29, 0.717) is 6.42 Å². The number of imide groups is 1. The summed E-state index contributed by atoms with van der Waals surface area (Å²) in [5.74, 6) is -2.34. The van der Waals surface area contributed by atoms with Gasteiger partial charge in [-0.2, -0.15) is 0 Å². The van der Waals surface area contributed by atoms with Crippen molar-refractivity contribution in [2.75, 3.05) is 19.5 Å². The van der Waals surface area contributed by atoms with Gasteiger partial charge in [-0.1, -0.05) is 6.08 Å². The highest BCUT2D eigenvalue weighted by molar-refractivity contribution is 7.72. The minimum atomic E-state index is -1.31. The van der Waals surface area contributed by atoms with Crippen LogP contribution >= 0.6 is 6.89 Å². The number of amides is 2. The Morgan fingerprint density at radius 3 is 2.52 bits per heavy atom. The Balaban J connectivity index is 2.17. The molecule has 8 heteroatoms. The van der Waals surface area contributed by atoms with Gasteiger partial charge in [0.25, 0.3) is 5.91 Å². The van der Waals surface area contributed by atoms with Crippen molar-refractivity contribution < 1.29 is 29.3 Å². The number of ketones is 1. The van der Waals surface area contributed by atoms with Gasteiger partial charge in [0.1, 0.15) is 24.1 Å². The fourth-order valence-corrected chi connectivity index (χ4v) is 4.04. The van der Waals surface area contributed by atoms with Crippen molar-refractivity contribution in [3.05, 3.63) is 11.6 Å². The Morgan fingerprint density at radius 2 is 1.96 bits per heavy atom. The lowest BCUT2D eigenvalue weighted by Gasteiger charge is -2.26. The van der Waals surface area contributed by atoms with Crippen LogP contribution in [-0.4, -0.2) is 78.0 Å². The van der Waals surface area contributed by atoms with E-state index < -0.39 is 49.0 Å². The molecule has 0 aromatic heterocycles. The molecule has 2 aliphatic heterocycles.